The lowest BCUT2D eigenvalue weighted by Gasteiger charge is -2.00. The highest BCUT2D eigenvalue weighted by Gasteiger charge is 1.97. The molecule has 0 aromatic heterocycles. The van der Waals surface area contributed by atoms with Gasteiger partial charge in [-0.3, -0.25) is 0 Å². The Morgan fingerprint density at radius 3 is 2.54 bits per heavy atom. The van der Waals surface area contributed by atoms with Crippen LogP contribution in [0.5, 0.6) is 0 Å². The number of rotatable bonds is 6. The van der Waals surface area contributed by atoms with E-state index < -0.39 is 11.9 Å². The van der Waals surface area contributed by atoms with Gasteiger partial charge in [-0.1, -0.05) is 0 Å². The Balaban J connectivity index is 3.46. The second kappa shape index (κ2) is 7.30. The predicted octanol–water partition coefficient (Wildman–Crippen LogP) is 0.207. The second-order valence-electron chi connectivity index (χ2n) is 2.04. The summed E-state index contributed by atoms with van der Waals surface area (Å²) in [6, 6.07) is 0. The fourth-order valence-corrected chi connectivity index (χ4v) is 0.533. The van der Waals surface area contributed by atoms with E-state index in [1.54, 1.807) is 0 Å². The van der Waals surface area contributed by atoms with Crippen LogP contribution in [0.25, 0.3) is 0 Å². The highest BCUT2D eigenvalue weighted by atomic mass is 16.6. The minimum absolute atomic E-state index is 0.136. The van der Waals surface area contributed by atoms with E-state index in [9.17, 15) is 9.59 Å². The topological polar surface area (TPSA) is 72.8 Å². The van der Waals surface area contributed by atoms with Crippen molar-refractivity contribution < 1.29 is 24.2 Å². The zero-order valence-electron chi connectivity index (χ0n) is 7.36. The van der Waals surface area contributed by atoms with Gasteiger partial charge in [-0.05, 0) is 6.92 Å². The van der Waals surface area contributed by atoms with Crippen molar-refractivity contribution in [1.29, 1.82) is 0 Å². The van der Waals surface area contributed by atoms with Crippen molar-refractivity contribution in [2.45, 2.75) is 6.92 Å². The number of aliphatic carboxylic acids is 1. The lowest BCUT2D eigenvalue weighted by Crippen LogP contribution is -2.08. The molecule has 0 radical (unpaired) electrons. The molecule has 13 heavy (non-hydrogen) atoms. The third-order valence-corrected chi connectivity index (χ3v) is 1.04. The van der Waals surface area contributed by atoms with Crippen LogP contribution in [-0.4, -0.2) is 36.9 Å². The number of carboxylic acid groups (broad SMARTS) is 1. The van der Waals surface area contributed by atoms with Crippen LogP contribution in [-0.2, 0) is 19.1 Å². The van der Waals surface area contributed by atoms with Crippen LogP contribution >= 0.6 is 0 Å². The molecule has 0 unspecified atom stereocenters. The number of carbonyl (C=O) groups excluding carboxylic acids is 1. The summed E-state index contributed by atoms with van der Waals surface area (Å²) in [5.41, 5.74) is 0. The first-order valence-electron chi connectivity index (χ1n) is 3.82. The maximum absolute atomic E-state index is 10.7. The van der Waals surface area contributed by atoms with Crippen LogP contribution in [0.4, 0.5) is 0 Å². The van der Waals surface area contributed by atoms with Gasteiger partial charge in [0.1, 0.15) is 6.61 Å². The van der Waals surface area contributed by atoms with Crippen molar-refractivity contribution >= 4 is 11.9 Å². The van der Waals surface area contributed by atoms with Crippen LogP contribution in [0.2, 0.25) is 0 Å². The van der Waals surface area contributed by atoms with Gasteiger partial charge in [0.2, 0.25) is 0 Å². The molecule has 0 aliphatic heterocycles. The molecule has 0 bridgehead atoms. The van der Waals surface area contributed by atoms with Crippen LogP contribution < -0.4 is 0 Å². The molecule has 0 saturated carbocycles. The molecule has 0 amide bonds. The van der Waals surface area contributed by atoms with Crippen molar-refractivity contribution in [3.05, 3.63) is 12.2 Å². The van der Waals surface area contributed by atoms with Crippen LogP contribution in [0, 0.1) is 0 Å². The molecule has 0 aliphatic rings. The van der Waals surface area contributed by atoms with Crippen molar-refractivity contribution in [3.63, 3.8) is 0 Å². The summed E-state index contributed by atoms with van der Waals surface area (Å²) in [5.74, 6) is -1.86. The van der Waals surface area contributed by atoms with E-state index in [0.29, 0.717) is 13.2 Å². The molecular weight excluding hydrogens is 176 g/mol. The lowest BCUT2D eigenvalue weighted by molar-refractivity contribution is -0.140. The highest BCUT2D eigenvalue weighted by molar-refractivity contribution is 5.90. The summed E-state index contributed by atoms with van der Waals surface area (Å²) >= 11 is 0. The van der Waals surface area contributed by atoms with Gasteiger partial charge in [0, 0.05) is 18.8 Å². The summed E-state index contributed by atoms with van der Waals surface area (Å²) in [5, 5.41) is 8.15. The Hall–Kier alpha value is -1.36. The largest absolute Gasteiger partial charge is 0.478 e. The van der Waals surface area contributed by atoms with E-state index in [2.05, 4.69) is 4.74 Å². The van der Waals surface area contributed by atoms with Gasteiger partial charge in [0.15, 0.2) is 0 Å². The fraction of sp³-hybridized carbons (Fsp3) is 0.500. The molecule has 0 atom stereocenters. The van der Waals surface area contributed by atoms with E-state index in [1.165, 1.54) is 0 Å². The van der Waals surface area contributed by atoms with Gasteiger partial charge in [-0.2, -0.15) is 0 Å². The maximum Gasteiger partial charge on any atom is 0.331 e. The highest BCUT2D eigenvalue weighted by Crippen LogP contribution is 1.83. The molecule has 74 valence electrons. The number of ether oxygens (including phenoxy) is 2. The van der Waals surface area contributed by atoms with Crippen molar-refractivity contribution in [2.75, 3.05) is 19.8 Å². The van der Waals surface area contributed by atoms with E-state index in [4.69, 9.17) is 9.84 Å². The summed E-state index contributed by atoms with van der Waals surface area (Å²) in [6.45, 7) is 2.84. The molecule has 5 nitrogen and oxygen atoms in total. The zero-order valence-corrected chi connectivity index (χ0v) is 7.36. The third-order valence-electron chi connectivity index (χ3n) is 1.04. The minimum atomic E-state index is -1.18. The summed E-state index contributed by atoms with van der Waals surface area (Å²) < 4.78 is 9.47. The van der Waals surface area contributed by atoms with E-state index >= 15 is 0 Å². The zero-order chi connectivity index (χ0) is 10.1. The molecule has 0 aromatic carbocycles. The van der Waals surface area contributed by atoms with E-state index in [1.807, 2.05) is 6.92 Å². The molecule has 1 N–H and O–H groups in total. The normalized spacial score (nSPS) is 10.2. The average Bonchev–Trinajstić information content (AvgIpc) is 2.09. The van der Waals surface area contributed by atoms with Gasteiger partial charge < -0.3 is 14.6 Å². The Labute approximate surface area is 75.9 Å². The molecule has 0 aliphatic carbocycles. The first kappa shape index (κ1) is 11.6. The average molecular weight is 188 g/mol. The molecule has 0 aromatic rings. The van der Waals surface area contributed by atoms with Gasteiger partial charge >= 0.3 is 11.9 Å². The summed E-state index contributed by atoms with van der Waals surface area (Å²) in [4.78, 5) is 20.6. The van der Waals surface area contributed by atoms with Gasteiger partial charge in [0.05, 0.1) is 6.61 Å². The third kappa shape index (κ3) is 8.55. The molecule has 0 spiro atoms. The minimum Gasteiger partial charge on any atom is -0.478 e. The monoisotopic (exact) mass is 188 g/mol. The van der Waals surface area contributed by atoms with Crippen LogP contribution in [0.15, 0.2) is 12.2 Å². The Kier molecular flexibility index (Phi) is 6.53. The first-order chi connectivity index (χ1) is 6.16. The Morgan fingerprint density at radius 1 is 1.31 bits per heavy atom. The lowest BCUT2D eigenvalue weighted by atomic mass is 10.5. The number of esters is 1. The smallest absolute Gasteiger partial charge is 0.331 e. The van der Waals surface area contributed by atoms with Crippen LogP contribution in [0.3, 0.4) is 0 Å². The molecule has 0 heterocycles. The number of carbonyl (C=O) groups is 2. The van der Waals surface area contributed by atoms with Gasteiger partial charge in [0.25, 0.3) is 0 Å². The predicted molar refractivity (Wildman–Crippen MR) is 44.2 cm³/mol. The molecule has 0 saturated heterocycles. The maximum atomic E-state index is 10.7. The number of hydrogen-bond acceptors (Lipinski definition) is 4. The van der Waals surface area contributed by atoms with E-state index in [0.717, 1.165) is 12.2 Å². The second-order valence-corrected chi connectivity index (χ2v) is 2.04. The Bertz CT molecular complexity index is 197. The van der Waals surface area contributed by atoms with Gasteiger partial charge in [-0.25, -0.2) is 9.59 Å². The molecule has 0 rings (SSSR count). The van der Waals surface area contributed by atoms with Crippen molar-refractivity contribution in [3.8, 4) is 0 Å². The first-order valence-corrected chi connectivity index (χ1v) is 3.82. The van der Waals surface area contributed by atoms with Crippen molar-refractivity contribution in [2.24, 2.45) is 0 Å². The fourth-order valence-electron chi connectivity index (χ4n) is 0.533. The summed E-state index contributed by atoms with van der Waals surface area (Å²) in [6.07, 6.45) is 1.58. The molecule has 0 fully saturated rings. The quantitative estimate of drug-likeness (QED) is 0.366. The molecule has 5 heteroatoms. The number of hydrogen-bond donors (Lipinski definition) is 1. The van der Waals surface area contributed by atoms with Crippen molar-refractivity contribution in [1.82, 2.24) is 0 Å². The number of carboxylic acids is 1. The Morgan fingerprint density at radius 2 is 2.00 bits per heavy atom. The summed E-state index contributed by atoms with van der Waals surface area (Å²) in [7, 11) is 0. The van der Waals surface area contributed by atoms with Gasteiger partial charge in [-0.15, -0.1) is 0 Å². The van der Waals surface area contributed by atoms with E-state index in [-0.39, 0.29) is 6.61 Å². The standard InChI is InChI=1S/C8H12O5/c1-2-12-5-6-13-8(11)4-3-7(9)10/h3-4H,2,5-6H2,1H3,(H,9,10)/b4-3+. The SMILES string of the molecule is CCOCCOC(=O)/C=C/C(=O)O. The molecular formula is C8H12O5. The van der Waals surface area contributed by atoms with Crippen LogP contribution in [0.1, 0.15) is 6.92 Å².